The summed E-state index contributed by atoms with van der Waals surface area (Å²) < 4.78 is 43.7. The minimum atomic E-state index is -1.90. The van der Waals surface area contributed by atoms with Gasteiger partial charge in [0.2, 0.25) is 5.69 Å². The van der Waals surface area contributed by atoms with Crippen molar-refractivity contribution in [3.05, 3.63) is 53.7 Å². The Bertz CT molecular complexity index is 791. The Kier molecular flexibility index (Phi) is 2.32. The summed E-state index contributed by atoms with van der Waals surface area (Å²) in [6, 6.07) is 7.30. The standard InChI is InChI=1S/C18H24N/c1-14-8-6-7-9-16(14)17-12-15(10-11-19(17)5)13-18(2,3)4/h6-12H,13H2,1-5H3/q+1/i10D,11D,12D,13D2. The Morgan fingerprint density at radius 3 is 2.58 bits per heavy atom. The predicted octanol–water partition coefficient (Wildman–Crippen LogP) is 4.08. The summed E-state index contributed by atoms with van der Waals surface area (Å²) in [7, 11) is 1.65. The zero-order chi connectivity index (χ0) is 18.4. The molecule has 0 unspecified atom stereocenters. The maximum Gasteiger partial charge on any atom is 0.212 e. The minimum absolute atomic E-state index is 0.0173. The number of rotatable bonds is 2. The number of hydrogen-bond donors (Lipinski definition) is 0. The van der Waals surface area contributed by atoms with E-state index in [4.69, 9.17) is 6.85 Å². The largest absolute Gasteiger partial charge is 0.212 e. The number of hydrogen-bond acceptors (Lipinski definition) is 0. The van der Waals surface area contributed by atoms with Gasteiger partial charge in [-0.25, -0.2) is 4.57 Å². The van der Waals surface area contributed by atoms with Gasteiger partial charge in [-0.2, -0.15) is 0 Å². The highest BCUT2D eigenvalue weighted by Gasteiger charge is 2.16. The van der Waals surface area contributed by atoms with Crippen LogP contribution in [0.25, 0.3) is 11.3 Å². The maximum absolute atomic E-state index is 8.63. The second kappa shape index (κ2) is 5.16. The van der Waals surface area contributed by atoms with Crippen molar-refractivity contribution in [1.29, 1.82) is 0 Å². The Balaban J connectivity index is 2.94. The van der Waals surface area contributed by atoms with Crippen LogP contribution in [-0.4, -0.2) is 0 Å². The van der Waals surface area contributed by atoms with Crippen LogP contribution in [0.4, 0.5) is 0 Å². The maximum atomic E-state index is 8.63. The molecule has 0 aliphatic carbocycles. The van der Waals surface area contributed by atoms with E-state index >= 15 is 0 Å². The minimum Gasteiger partial charge on any atom is -0.201 e. The summed E-state index contributed by atoms with van der Waals surface area (Å²) in [4.78, 5) is 0. The summed E-state index contributed by atoms with van der Waals surface area (Å²) >= 11 is 0. The lowest BCUT2D eigenvalue weighted by atomic mass is 9.88. The normalized spacial score (nSPS) is 16.2. The topological polar surface area (TPSA) is 3.88 Å². The summed E-state index contributed by atoms with van der Waals surface area (Å²) in [6.07, 6.45) is -1.99. The highest BCUT2D eigenvalue weighted by Crippen LogP contribution is 2.24. The number of aromatic nitrogens is 1. The van der Waals surface area contributed by atoms with Crippen LogP contribution in [0, 0.1) is 12.3 Å². The molecule has 0 fully saturated rings. The van der Waals surface area contributed by atoms with E-state index in [0.29, 0.717) is 5.69 Å². The first-order chi connectivity index (χ1) is 10.9. The van der Waals surface area contributed by atoms with E-state index in [1.807, 2.05) is 31.2 Å². The van der Waals surface area contributed by atoms with Gasteiger partial charge >= 0.3 is 0 Å². The van der Waals surface area contributed by atoms with E-state index in [1.54, 1.807) is 27.8 Å². The first kappa shape index (κ1) is 8.52. The first-order valence-electron chi connectivity index (χ1n) is 8.97. The molecule has 1 heteroatoms. The highest BCUT2D eigenvalue weighted by atomic mass is 14.9. The molecule has 100 valence electrons. The van der Waals surface area contributed by atoms with Crippen LogP contribution >= 0.6 is 0 Å². The molecule has 2 rings (SSSR count). The van der Waals surface area contributed by atoms with Crippen molar-refractivity contribution in [3.8, 4) is 11.3 Å². The lowest BCUT2D eigenvalue weighted by molar-refractivity contribution is -0.660. The van der Waals surface area contributed by atoms with Gasteiger partial charge in [-0.1, -0.05) is 39.0 Å². The van der Waals surface area contributed by atoms with Crippen LogP contribution in [-0.2, 0) is 13.4 Å². The Labute approximate surface area is 123 Å². The summed E-state index contributed by atoms with van der Waals surface area (Å²) in [5.41, 5.74) is 1.38. The van der Waals surface area contributed by atoms with E-state index in [1.165, 1.54) is 4.57 Å². The number of benzene rings is 1. The second-order valence-electron chi connectivity index (χ2n) is 5.83. The van der Waals surface area contributed by atoms with Crippen LogP contribution in [0.1, 0.15) is 38.8 Å². The van der Waals surface area contributed by atoms with Gasteiger partial charge < -0.3 is 0 Å². The second-order valence-corrected chi connectivity index (χ2v) is 5.83. The highest BCUT2D eigenvalue weighted by molar-refractivity contribution is 5.61. The van der Waals surface area contributed by atoms with Crippen molar-refractivity contribution in [1.82, 2.24) is 0 Å². The van der Waals surface area contributed by atoms with Crippen LogP contribution in [0.3, 0.4) is 0 Å². The molecule has 0 N–H and O–H groups in total. The lowest BCUT2D eigenvalue weighted by Crippen LogP contribution is -2.31. The van der Waals surface area contributed by atoms with Gasteiger partial charge in [-0.15, -0.1) is 0 Å². The van der Waals surface area contributed by atoms with Crippen molar-refractivity contribution < 1.29 is 11.4 Å². The molecule has 0 amide bonds. The SMILES string of the molecule is [2H]c1c(C([2H])([2H])C(C)(C)C)c([2H])c(-c2ccccc2C)[n+](C)c1[2H]. The zero-order valence-electron chi connectivity index (χ0n) is 17.3. The van der Waals surface area contributed by atoms with E-state index in [-0.39, 0.29) is 23.8 Å². The van der Waals surface area contributed by atoms with Gasteiger partial charge in [-0.05, 0) is 35.9 Å². The molecular weight excluding hydrogens is 230 g/mol. The van der Waals surface area contributed by atoms with Gasteiger partial charge in [0.15, 0.2) is 6.17 Å². The van der Waals surface area contributed by atoms with Crippen molar-refractivity contribution in [2.45, 2.75) is 34.1 Å². The van der Waals surface area contributed by atoms with E-state index in [2.05, 4.69) is 0 Å². The fraction of sp³-hybridized carbons (Fsp3) is 0.389. The molecule has 2 aromatic rings. The first-order valence-corrected chi connectivity index (χ1v) is 6.47. The van der Waals surface area contributed by atoms with Gasteiger partial charge in [0.1, 0.15) is 8.42 Å². The third-order valence-electron chi connectivity index (χ3n) is 2.83. The summed E-state index contributed by atoms with van der Waals surface area (Å²) in [5, 5.41) is 0. The number of pyridine rings is 1. The summed E-state index contributed by atoms with van der Waals surface area (Å²) in [6.45, 7) is 7.16. The van der Waals surface area contributed by atoms with Gasteiger partial charge in [0.05, 0.1) is 2.74 Å². The quantitative estimate of drug-likeness (QED) is 0.716. The average Bonchev–Trinajstić information content (AvgIpc) is 2.46. The molecule has 1 aromatic heterocycles. The molecule has 0 atom stereocenters. The molecule has 1 aromatic carbocycles. The number of aryl methyl sites for hydroxylation is 1. The van der Waals surface area contributed by atoms with Crippen LogP contribution < -0.4 is 4.57 Å². The Hall–Kier alpha value is -1.63. The predicted molar refractivity (Wildman–Crippen MR) is 81.0 cm³/mol. The Morgan fingerprint density at radius 1 is 1.26 bits per heavy atom. The number of nitrogens with zero attached hydrogens (tertiary/aromatic N) is 1. The van der Waals surface area contributed by atoms with E-state index < -0.39 is 11.8 Å². The van der Waals surface area contributed by atoms with Crippen molar-refractivity contribution in [2.75, 3.05) is 0 Å². The zero-order valence-corrected chi connectivity index (χ0v) is 12.3. The monoisotopic (exact) mass is 259 g/mol. The molecule has 0 spiro atoms. The van der Waals surface area contributed by atoms with Crippen molar-refractivity contribution >= 4 is 0 Å². The fourth-order valence-electron chi connectivity index (χ4n) is 1.95. The molecule has 0 aliphatic heterocycles. The average molecular weight is 259 g/mol. The lowest BCUT2D eigenvalue weighted by Gasteiger charge is -2.18. The molecule has 1 heterocycles. The Morgan fingerprint density at radius 2 is 1.95 bits per heavy atom. The van der Waals surface area contributed by atoms with Crippen molar-refractivity contribution in [3.63, 3.8) is 0 Å². The molecular formula is C18H24N+. The molecule has 0 saturated heterocycles. The van der Waals surface area contributed by atoms with Crippen LogP contribution in [0.15, 0.2) is 42.5 Å². The van der Waals surface area contributed by atoms with Crippen LogP contribution in [0.5, 0.6) is 0 Å². The van der Waals surface area contributed by atoms with E-state index in [9.17, 15) is 0 Å². The smallest absolute Gasteiger partial charge is 0.201 e. The molecule has 19 heavy (non-hydrogen) atoms. The molecule has 1 nitrogen and oxygen atoms in total. The molecule has 0 saturated carbocycles. The third kappa shape index (κ3) is 3.44. The van der Waals surface area contributed by atoms with Gasteiger partial charge in [-0.3, -0.25) is 0 Å². The molecule has 0 aliphatic rings. The molecule has 0 bridgehead atoms. The van der Waals surface area contributed by atoms with Crippen LogP contribution in [0.2, 0.25) is 0 Å². The third-order valence-corrected chi connectivity index (χ3v) is 2.83. The van der Waals surface area contributed by atoms with Crippen molar-refractivity contribution in [2.24, 2.45) is 12.5 Å². The van der Waals surface area contributed by atoms with Gasteiger partial charge in [0.25, 0.3) is 0 Å². The van der Waals surface area contributed by atoms with E-state index in [0.717, 1.165) is 11.1 Å². The molecule has 0 radical (unpaired) electrons. The fourth-order valence-corrected chi connectivity index (χ4v) is 1.95. The van der Waals surface area contributed by atoms with Gasteiger partial charge in [0, 0.05) is 20.4 Å². The summed E-state index contributed by atoms with van der Waals surface area (Å²) in [5.74, 6) is 0.